The summed E-state index contributed by atoms with van der Waals surface area (Å²) in [6.07, 6.45) is 0.320. The van der Waals surface area contributed by atoms with Crippen molar-refractivity contribution < 1.29 is 29.2 Å². The summed E-state index contributed by atoms with van der Waals surface area (Å²) >= 11 is 0. The van der Waals surface area contributed by atoms with Gasteiger partial charge in [0.2, 0.25) is 0 Å². The van der Waals surface area contributed by atoms with Crippen LogP contribution in [0.4, 0.5) is 16.3 Å². The van der Waals surface area contributed by atoms with E-state index in [2.05, 4.69) is 10.4 Å². The number of aromatic hydroxyl groups is 1. The van der Waals surface area contributed by atoms with Crippen molar-refractivity contribution in [1.82, 2.24) is 19.7 Å². The van der Waals surface area contributed by atoms with E-state index in [1.165, 1.54) is 6.20 Å². The first-order valence-corrected chi connectivity index (χ1v) is 11.3. The summed E-state index contributed by atoms with van der Waals surface area (Å²) in [6.45, 7) is 0.733. The molecule has 5 rings (SSSR count). The first-order chi connectivity index (χ1) is 18.0. The van der Waals surface area contributed by atoms with Crippen LogP contribution >= 0.6 is 0 Å². The first-order valence-electron chi connectivity index (χ1n) is 11.3. The van der Waals surface area contributed by atoms with Crippen LogP contribution in [-0.2, 0) is 4.74 Å². The van der Waals surface area contributed by atoms with Crippen LogP contribution in [-0.4, -0.2) is 63.5 Å². The monoisotopic (exact) mass is 501 g/mol. The Bertz CT molecular complexity index is 1620. The average molecular weight is 501 g/mol. The number of anilines is 2. The number of phenolic OH excluding ortho intramolecular Hbond substituents is 1. The van der Waals surface area contributed by atoms with Crippen molar-refractivity contribution in [3.63, 3.8) is 0 Å². The van der Waals surface area contributed by atoms with Crippen LogP contribution in [0.5, 0.6) is 17.2 Å². The number of ether oxygens (including phenoxy) is 3. The predicted octanol–water partition coefficient (Wildman–Crippen LogP) is 4.66. The number of methoxy groups -OCH3 is 2. The molecule has 0 aliphatic rings. The molecule has 0 saturated heterocycles. The fourth-order valence-electron chi connectivity index (χ4n) is 3.91. The molecule has 0 saturated carbocycles. The Labute approximate surface area is 210 Å². The van der Waals surface area contributed by atoms with Gasteiger partial charge in [-0.15, -0.1) is 0 Å². The molecule has 0 amide bonds. The molecule has 0 radical (unpaired) electrons. The average Bonchev–Trinajstić information content (AvgIpc) is 3.32. The van der Waals surface area contributed by atoms with Gasteiger partial charge in [-0.25, -0.2) is 14.8 Å². The number of benzene rings is 3. The predicted molar refractivity (Wildman–Crippen MR) is 137 cm³/mol. The standard InChI is InChI=1S/C26H23N5O6/c1-35-8-9-37-23-12-19-20(13-22(23)36-2)29-24(15-4-3-5-18(32)11-15)30-25(19)28-17-6-7-21-16(10-17)14-27-31(21)26(33)34/h3-7,10-14,32H,8-9H2,1-2H3,(H,33,34)(H,28,29,30). The third-order valence-corrected chi connectivity index (χ3v) is 5.64. The zero-order valence-corrected chi connectivity index (χ0v) is 20.0. The maximum Gasteiger partial charge on any atom is 0.432 e. The molecule has 2 heterocycles. The van der Waals surface area contributed by atoms with Crippen molar-refractivity contribution in [2.24, 2.45) is 0 Å². The van der Waals surface area contributed by atoms with Gasteiger partial charge in [-0.1, -0.05) is 12.1 Å². The lowest BCUT2D eigenvalue weighted by atomic mass is 10.1. The molecule has 3 N–H and O–H groups in total. The molecule has 37 heavy (non-hydrogen) atoms. The highest BCUT2D eigenvalue weighted by Crippen LogP contribution is 2.37. The molecule has 0 spiro atoms. The van der Waals surface area contributed by atoms with E-state index in [1.54, 1.807) is 68.8 Å². The lowest BCUT2D eigenvalue weighted by molar-refractivity contribution is 0.144. The number of carboxylic acid groups (broad SMARTS) is 1. The van der Waals surface area contributed by atoms with E-state index in [-0.39, 0.29) is 5.75 Å². The van der Waals surface area contributed by atoms with Crippen LogP contribution in [0.1, 0.15) is 0 Å². The molecule has 0 aliphatic carbocycles. The third kappa shape index (κ3) is 4.80. The maximum absolute atomic E-state index is 11.4. The van der Waals surface area contributed by atoms with Gasteiger partial charge in [0.25, 0.3) is 0 Å². The number of rotatable bonds is 8. The summed E-state index contributed by atoms with van der Waals surface area (Å²) in [5.41, 5.74) is 2.34. The minimum absolute atomic E-state index is 0.0936. The summed E-state index contributed by atoms with van der Waals surface area (Å²) in [5, 5.41) is 27.9. The molecule has 0 fully saturated rings. The molecule has 0 aliphatic heterocycles. The van der Waals surface area contributed by atoms with Crippen LogP contribution in [0.15, 0.2) is 60.8 Å². The van der Waals surface area contributed by atoms with E-state index in [4.69, 9.17) is 24.2 Å². The number of fused-ring (bicyclic) bond motifs is 2. The van der Waals surface area contributed by atoms with Crippen molar-refractivity contribution >= 4 is 39.4 Å². The van der Waals surface area contributed by atoms with Crippen molar-refractivity contribution in [2.75, 3.05) is 32.8 Å². The number of phenols is 1. The van der Waals surface area contributed by atoms with Gasteiger partial charge in [0.05, 0.1) is 30.9 Å². The fraction of sp³-hybridized carbons (Fsp3) is 0.154. The largest absolute Gasteiger partial charge is 0.508 e. The SMILES string of the molecule is COCCOc1cc2c(Nc3ccc4c(cnn4C(=O)O)c3)nc(-c3cccc(O)c3)nc2cc1OC. The Balaban J connectivity index is 1.64. The van der Waals surface area contributed by atoms with Gasteiger partial charge >= 0.3 is 6.09 Å². The van der Waals surface area contributed by atoms with Gasteiger partial charge < -0.3 is 29.7 Å². The Morgan fingerprint density at radius 3 is 2.65 bits per heavy atom. The van der Waals surface area contributed by atoms with E-state index in [0.717, 1.165) is 4.68 Å². The minimum Gasteiger partial charge on any atom is -0.508 e. The highest BCUT2D eigenvalue weighted by molar-refractivity contribution is 5.96. The Hall–Kier alpha value is -4.90. The summed E-state index contributed by atoms with van der Waals surface area (Å²) in [5.74, 6) is 1.96. The number of nitrogens with one attached hydrogen (secondary N) is 1. The third-order valence-electron chi connectivity index (χ3n) is 5.64. The van der Waals surface area contributed by atoms with Crippen molar-refractivity contribution in [3.8, 4) is 28.6 Å². The highest BCUT2D eigenvalue weighted by Gasteiger charge is 2.16. The number of aromatic nitrogens is 4. The first kappa shape index (κ1) is 23.8. The van der Waals surface area contributed by atoms with Gasteiger partial charge in [-0.05, 0) is 36.4 Å². The smallest absolute Gasteiger partial charge is 0.432 e. The number of hydrogen-bond acceptors (Lipinski definition) is 9. The molecular weight excluding hydrogens is 478 g/mol. The molecule has 2 aromatic heterocycles. The van der Waals surface area contributed by atoms with Crippen molar-refractivity contribution in [3.05, 3.63) is 60.8 Å². The highest BCUT2D eigenvalue weighted by atomic mass is 16.5. The number of carbonyl (C=O) groups is 1. The van der Waals surface area contributed by atoms with Gasteiger partial charge in [0.15, 0.2) is 17.3 Å². The van der Waals surface area contributed by atoms with Crippen LogP contribution in [0.25, 0.3) is 33.2 Å². The van der Waals surface area contributed by atoms with Gasteiger partial charge in [-0.2, -0.15) is 9.78 Å². The van der Waals surface area contributed by atoms with Crippen LogP contribution < -0.4 is 14.8 Å². The van der Waals surface area contributed by atoms with E-state index in [9.17, 15) is 15.0 Å². The van der Waals surface area contributed by atoms with Gasteiger partial charge in [0, 0.05) is 35.2 Å². The van der Waals surface area contributed by atoms with E-state index in [1.807, 2.05) is 0 Å². The number of hydrogen-bond donors (Lipinski definition) is 3. The summed E-state index contributed by atoms with van der Waals surface area (Å²) in [4.78, 5) is 20.8. The van der Waals surface area contributed by atoms with Gasteiger partial charge in [-0.3, -0.25) is 0 Å². The van der Waals surface area contributed by atoms with Crippen LogP contribution in [0.3, 0.4) is 0 Å². The summed E-state index contributed by atoms with van der Waals surface area (Å²) in [7, 11) is 3.14. The minimum atomic E-state index is -1.16. The maximum atomic E-state index is 11.4. The van der Waals surface area contributed by atoms with Crippen LogP contribution in [0.2, 0.25) is 0 Å². The molecule has 0 atom stereocenters. The molecular formula is C26H23N5O6. The Morgan fingerprint density at radius 1 is 1.03 bits per heavy atom. The van der Waals surface area contributed by atoms with E-state index in [0.29, 0.717) is 69.4 Å². The molecule has 3 aromatic carbocycles. The summed E-state index contributed by atoms with van der Waals surface area (Å²) < 4.78 is 17.4. The Morgan fingerprint density at radius 2 is 1.89 bits per heavy atom. The molecule has 5 aromatic rings. The van der Waals surface area contributed by atoms with Crippen molar-refractivity contribution in [1.29, 1.82) is 0 Å². The van der Waals surface area contributed by atoms with Crippen LogP contribution in [0, 0.1) is 0 Å². The molecule has 188 valence electrons. The fourth-order valence-corrected chi connectivity index (χ4v) is 3.91. The molecule has 11 nitrogen and oxygen atoms in total. The lowest BCUT2D eigenvalue weighted by Gasteiger charge is -2.15. The van der Waals surface area contributed by atoms with Crippen molar-refractivity contribution in [2.45, 2.75) is 0 Å². The second kappa shape index (κ2) is 9.99. The zero-order chi connectivity index (χ0) is 25.9. The number of nitrogens with zero attached hydrogens (tertiary/aromatic N) is 4. The zero-order valence-electron chi connectivity index (χ0n) is 20.0. The summed E-state index contributed by atoms with van der Waals surface area (Å²) in [6, 6.07) is 15.4. The van der Waals surface area contributed by atoms with E-state index < -0.39 is 6.09 Å². The lowest BCUT2D eigenvalue weighted by Crippen LogP contribution is -2.08. The topological polar surface area (TPSA) is 141 Å². The molecule has 11 heteroatoms. The quantitative estimate of drug-likeness (QED) is 0.257. The normalized spacial score (nSPS) is 11.1. The second-order valence-electron chi connectivity index (χ2n) is 8.05. The van der Waals surface area contributed by atoms with E-state index >= 15 is 0 Å². The second-order valence-corrected chi connectivity index (χ2v) is 8.05. The molecule has 0 bridgehead atoms. The molecule has 0 unspecified atom stereocenters. The van der Waals surface area contributed by atoms with Gasteiger partial charge in [0.1, 0.15) is 18.2 Å². The Kier molecular flexibility index (Phi) is 6.43.